The summed E-state index contributed by atoms with van der Waals surface area (Å²) in [5.74, 6) is 0.769. The van der Waals surface area contributed by atoms with Crippen LogP contribution in [0.25, 0.3) is 5.82 Å². The van der Waals surface area contributed by atoms with E-state index in [2.05, 4.69) is 15.0 Å². The summed E-state index contributed by atoms with van der Waals surface area (Å²) in [6.07, 6.45) is 5.14. The molecule has 5 heteroatoms. The zero-order chi connectivity index (χ0) is 10.8. The van der Waals surface area contributed by atoms with Crippen LogP contribution < -0.4 is 5.73 Å². The molecule has 0 saturated carbocycles. The van der Waals surface area contributed by atoms with Crippen molar-refractivity contribution in [3.8, 4) is 5.82 Å². The van der Waals surface area contributed by atoms with Crippen molar-refractivity contribution in [2.75, 3.05) is 0 Å². The van der Waals surface area contributed by atoms with E-state index in [0.717, 1.165) is 22.9 Å². The largest absolute Gasteiger partial charge is 0.325 e. The number of hydrogen-bond donors (Lipinski definition) is 1. The lowest BCUT2D eigenvalue weighted by Gasteiger charge is -2.04. The molecule has 0 aliphatic carbocycles. The molecule has 0 unspecified atom stereocenters. The summed E-state index contributed by atoms with van der Waals surface area (Å²) in [7, 11) is 0. The Balaban J connectivity index is 2.41. The number of hydrogen-bond acceptors (Lipinski definition) is 4. The van der Waals surface area contributed by atoms with Gasteiger partial charge in [-0.15, -0.1) is 0 Å². The smallest absolute Gasteiger partial charge is 0.156 e. The summed E-state index contributed by atoms with van der Waals surface area (Å²) in [4.78, 5) is 12.7. The van der Waals surface area contributed by atoms with E-state index in [9.17, 15) is 0 Å². The summed E-state index contributed by atoms with van der Waals surface area (Å²) in [5, 5.41) is 0. The van der Waals surface area contributed by atoms with Crippen LogP contribution in [-0.2, 0) is 6.54 Å². The molecule has 78 valence electrons. The molecule has 15 heavy (non-hydrogen) atoms. The molecule has 2 rings (SSSR count). The maximum absolute atomic E-state index is 5.45. The summed E-state index contributed by atoms with van der Waals surface area (Å²) < 4.78 is 1.91. The van der Waals surface area contributed by atoms with E-state index in [1.807, 2.05) is 18.4 Å². The van der Waals surface area contributed by atoms with Gasteiger partial charge in [0.25, 0.3) is 0 Å². The fraction of sp³-hybridized carbons (Fsp3) is 0.300. The number of nitrogens with zero attached hydrogens (tertiary/aromatic N) is 4. The third-order valence-electron chi connectivity index (χ3n) is 2.40. The molecule has 5 nitrogen and oxygen atoms in total. The van der Waals surface area contributed by atoms with Crippen LogP contribution in [0.4, 0.5) is 0 Å². The molecule has 0 fully saturated rings. The van der Waals surface area contributed by atoms with Crippen LogP contribution in [0.5, 0.6) is 0 Å². The molecular weight excluding hydrogens is 190 g/mol. The summed E-state index contributed by atoms with van der Waals surface area (Å²) in [6, 6.07) is 0. The lowest BCUT2D eigenvalue weighted by atomic mass is 10.4. The second kappa shape index (κ2) is 3.78. The van der Waals surface area contributed by atoms with E-state index in [4.69, 9.17) is 5.73 Å². The van der Waals surface area contributed by atoms with Gasteiger partial charge in [-0.2, -0.15) is 0 Å². The Kier molecular flexibility index (Phi) is 2.47. The lowest BCUT2D eigenvalue weighted by molar-refractivity contribution is 0.896. The fourth-order valence-electron chi connectivity index (χ4n) is 1.31. The van der Waals surface area contributed by atoms with E-state index in [1.54, 1.807) is 18.7 Å². The molecule has 2 aromatic rings. The fourth-order valence-corrected chi connectivity index (χ4v) is 1.31. The first-order chi connectivity index (χ1) is 7.22. The summed E-state index contributed by atoms with van der Waals surface area (Å²) in [6.45, 7) is 4.38. The van der Waals surface area contributed by atoms with Crippen molar-refractivity contribution in [1.29, 1.82) is 0 Å². The molecule has 0 aliphatic heterocycles. The third kappa shape index (κ3) is 1.73. The molecule has 0 aliphatic rings. The van der Waals surface area contributed by atoms with Crippen molar-refractivity contribution in [3.63, 3.8) is 0 Å². The van der Waals surface area contributed by atoms with E-state index >= 15 is 0 Å². The van der Waals surface area contributed by atoms with Gasteiger partial charge < -0.3 is 5.73 Å². The first-order valence-electron chi connectivity index (χ1n) is 4.74. The van der Waals surface area contributed by atoms with Crippen LogP contribution in [0.15, 0.2) is 18.7 Å². The topological polar surface area (TPSA) is 69.6 Å². The van der Waals surface area contributed by atoms with Crippen molar-refractivity contribution in [2.24, 2.45) is 5.73 Å². The Bertz CT molecular complexity index is 457. The maximum Gasteiger partial charge on any atom is 0.156 e. The number of imidazole rings is 1. The van der Waals surface area contributed by atoms with E-state index in [0.29, 0.717) is 6.54 Å². The normalized spacial score (nSPS) is 10.6. The van der Waals surface area contributed by atoms with Crippen molar-refractivity contribution in [1.82, 2.24) is 19.5 Å². The number of aromatic nitrogens is 4. The van der Waals surface area contributed by atoms with E-state index in [1.165, 1.54) is 0 Å². The van der Waals surface area contributed by atoms with Crippen LogP contribution in [0.2, 0.25) is 0 Å². The van der Waals surface area contributed by atoms with Crippen LogP contribution >= 0.6 is 0 Å². The Labute approximate surface area is 88.0 Å². The molecule has 0 bridgehead atoms. The zero-order valence-corrected chi connectivity index (χ0v) is 8.81. The SMILES string of the molecule is Cc1ncn(-c2cnc(CN)cn2)c1C. The van der Waals surface area contributed by atoms with Crippen LogP contribution in [0.3, 0.4) is 0 Å². The molecule has 2 aromatic heterocycles. The predicted octanol–water partition coefficient (Wildman–Crippen LogP) is 0.738. The molecule has 2 heterocycles. The van der Waals surface area contributed by atoms with Gasteiger partial charge in [-0.3, -0.25) is 9.55 Å². The van der Waals surface area contributed by atoms with Gasteiger partial charge in [0.15, 0.2) is 5.82 Å². The highest BCUT2D eigenvalue weighted by Crippen LogP contribution is 2.10. The zero-order valence-electron chi connectivity index (χ0n) is 8.81. The Morgan fingerprint density at radius 2 is 2.00 bits per heavy atom. The first kappa shape index (κ1) is 9.79. The van der Waals surface area contributed by atoms with Gasteiger partial charge in [-0.1, -0.05) is 0 Å². The van der Waals surface area contributed by atoms with E-state index < -0.39 is 0 Å². The minimum atomic E-state index is 0.412. The Morgan fingerprint density at radius 3 is 2.47 bits per heavy atom. The maximum atomic E-state index is 5.45. The molecular formula is C10H13N5. The first-order valence-corrected chi connectivity index (χ1v) is 4.74. The number of nitrogens with two attached hydrogens (primary N) is 1. The van der Waals surface area contributed by atoms with Crippen molar-refractivity contribution < 1.29 is 0 Å². The minimum absolute atomic E-state index is 0.412. The molecule has 0 atom stereocenters. The molecule has 0 spiro atoms. The summed E-state index contributed by atoms with van der Waals surface area (Å²) in [5.41, 5.74) is 8.31. The molecule has 2 N–H and O–H groups in total. The molecule has 0 radical (unpaired) electrons. The van der Waals surface area contributed by atoms with Crippen molar-refractivity contribution >= 4 is 0 Å². The second-order valence-corrected chi connectivity index (χ2v) is 3.36. The van der Waals surface area contributed by atoms with Gasteiger partial charge in [-0.25, -0.2) is 9.97 Å². The van der Waals surface area contributed by atoms with Gasteiger partial charge in [0.2, 0.25) is 0 Å². The van der Waals surface area contributed by atoms with Gasteiger partial charge >= 0.3 is 0 Å². The third-order valence-corrected chi connectivity index (χ3v) is 2.40. The standard InChI is InChI=1S/C10H13N5/c1-7-8(2)15(6-14-7)10-5-12-9(3-11)4-13-10/h4-6H,3,11H2,1-2H3. The Morgan fingerprint density at radius 1 is 1.20 bits per heavy atom. The molecule has 0 amide bonds. The molecule has 0 saturated heterocycles. The van der Waals surface area contributed by atoms with Gasteiger partial charge in [0.05, 0.1) is 23.8 Å². The lowest BCUT2D eigenvalue weighted by Crippen LogP contribution is -2.04. The summed E-state index contributed by atoms with van der Waals surface area (Å²) >= 11 is 0. The second-order valence-electron chi connectivity index (χ2n) is 3.36. The predicted molar refractivity (Wildman–Crippen MR) is 56.5 cm³/mol. The average Bonchev–Trinajstić information content (AvgIpc) is 2.60. The van der Waals surface area contributed by atoms with E-state index in [-0.39, 0.29) is 0 Å². The highest BCUT2D eigenvalue weighted by Gasteiger charge is 2.05. The number of aryl methyl sites for hydroxylation is 1. The highest BCUT2D eigenvalue weighted by molar-refractivity contribution is 5.25. The molecule has 0 aromatic carbocycles. The van der Waals surface area contributed by atoms with Gasteiger partial charge in [-0.05, 0) is 13.8 Å². The van der Waals surface area contributed by atoms with Crippen molar-refractivity contribution in [3.05, 3.63) is 35.8 Å². The van der Waals surface area contributed by atoms with Gasteiger partial charge in [0.1, 0.15) is 6.33 Å². The van der Waals surface area contributed by atoms with Crippen LogP contribution in [0, 0.1) is 13.8 Å². The Hall–Kier alpha value is -1.75. The minimum Gasteiger partial charge on any atom is -0.325 e. The number of rotatable bonds is 2. The monoisotopic (exact) mass is 203 g/mol. The average molecular weight is 203 g/mol. The highest BCUT2D eigenvalue weighted by atomic mass is 15.1. The van der Waals surface area contributed by atoms with Crippen LogP contribution in [-0.4, -0.2) is 19.5 Å². The quantitative estimate of drug-likeness (QED) is 0.781. The van der Waals surface area contributed by atoms with Gasteiger partial charge in [0, 0.05) is 12.2 Å². The van der Waals surface area contributed by atoms with Crippen molar-refractivity contribution in [2.45, 2.75) is 20.4 Å². The van der Waals surface area contributed by atoms with Crippen LogP contribution in [0.1, 0.15) is 17.1 Å².